The predicted octanol–water partition coefficient (Wildman–Crippen LogP) is 5.05. The molecule has 0 unspecified atom stereocenters. The van der Waals surface area contributed by atoms with Crippen molar-refractivity contribution in [2.75, 3.05) is 0 Å². The van der Waals surface area contributed by atoms with Crippen molar-refractivity contribution in [3.63, 3.8) is 0 Å². The molecule has 0 saturated carbocycles. The number of carbonyl (C=O) groups is 2. The van der Waals surface area contributed by atoms with Crippen molar-refractivity contribution in [3.05, 3.63) is 84.1 Å². The minimum Gasteiger partial charge on any atom is -0.438 e. The second-order valence-electron chi connectivity index (χ2n) is 7.47. The molecule has 0 aliphatic carbocycles. The largest absolute Gasteiger partial charge is 0.438 e. The van der Waals surface area contributed by atoms with Crippen LogP contribution in [-0.4, -0.2) is 16.8 Å². The van der Waals surface area contributed by atoms with Crippen LogP contribution in [0.3, 0.4) is 0 Å². The van der Waals surface area contributed by atoms with Crippen molar-refractivity contribution in [1.82, 2.24) is 4.90 Å². The molecule has 1 amide bonds. The van der Waals surface area contributed by atoms with Crippen molar-refractivity contribution in [2.45, 2.75) is 32.9 Å². The Bertz CT molecular complexity index is 821. The average Bonchev–Trinajstić information content (AvgIpc) is 2.98. The van der Waals surface area contributed by atoms with Crippen molar-refractivity contribution >= 4 is 11.9 Å². The molecular weight excluding hydrogens is 326 g/mol. The first-order valence-corrected chi connectivity index (χ1v) is 8.64. The monoisotopic (exact) mass is 349 g/mol. The maximum Gasteiger partial charge on any atom is 0.415 e. The third kappa shape index (κ3) is 3.27. The van der Waals surface area contributed by atoms with E-state index >= 15 is 0 Å². The van der Waals surface area contributed by atoms with Gasteiger partial charge in [-0.25, -0.2) is 4.79 Å². The van der Waals surface area contributed by atoms with Gasteiger partial charge in [-0.1, -0.05) is 88.0 Å². The van der Waals surface area contributed by atoms with Crippen molar-refractivity contribution in [1.29, 1.82) is 0 Å². The quantitative estimate of drug-likeness (QED) is 0.726. The fraction of sp³-hybridized carbons (Fsp3) is 0.273. The summed E-state index contributed by atoms with van der Waals surface area (Å²) in [5, 5.41) is 0. The van der Waals surface area contributed by atoms with E-state index in [1.807, 2.05) is 81.4 Å². The first kappa shape index (κ1) is 17.9. The Labute approximate surface area is 154 Å². The minimum absolute atomic E-state index is 0.162. The van der Waals surface area contributed by atoms with Crippen LogP contribution in [0, 0.1) is 5.41 Å². The maximum atomic E-state index is 12.8. The number of rotatable bonds is 4. The summed E-state index contributed by atoms with van der Waals surface area (Å²) in [5.41, 5.74) is 1.31. The lowest BCUT2D eigenvalue weighted by Crippen LogP contribution is -2.35. The molecule has 3 rings (SSSR count). The first-order chi connectivity index (χ1) is 12.3. The highest BCUT2D eigenvalue weighted by atomic mass is 16.6. The molecular formula is C22H23NO3. The number of hydrogen-bond acceptors (Lipinski definition) is 3. The van der Waals surface area contributed by atoms with Gasteiger partial charge < -0.3 is 4.74 Å². The van der Waals surface area contributed by atoms with Crippen LogP contribution < -0.4 is 0 Å². The van der Waals surface area contributed by atoms with E-state index in [0.717, 1.165) is 11.1 Å². The molecule has 4 nitrogen and oxygen atoms in total. The standard InChI is InChI=1S/C22H23NO3/c1-15(20(24)22(2,3)4)23-18(16-11-7-5-8-12-16)19(26-21(23)25)17-13-9-6-10-14-17/h5-14,18-19H,1H2,2-4H3/t18-,19+/m1/s1. The van der Waals surface area contributed by atoms with Gasteiger partial charge in [-0.2, -0.15) is 0 Å². The van der Waals surface area contributed by atoms with Crippen LogP contribution in [-0.2, 0) is 9.53 Å². The molecule has 1 aliphatic rings. The molecule has 2 atom stereocenters. The van der Waals surface area contributed by atoms with E-state index in [1.54, 1.807) is 0 Å². The molecule has 1 heterocycles. The van der Waals surface area contributed by atoms with Gasteiger partial charge in [0.15, 0.2) is 11.9 Å². The zero-order chi connectivity index (χ0) is 18.9. The lowest BCUT2D eigenvalue weighted by molar-refractivity contribution is -0.123. The number of carbonyl (C=O) groups excluding carboxylic acids is 2. The molecule has 0 aromatic heterocycles. The van der Waals surface area contributed by atoms with Crippen LogP contribution in [0.1, 0.15) is 44.0 Å². The summed E-state index contributed by atoms with van der Waals surface area (Å²) in [5.74, 6) is -0.177. The van der Waals surface area contributed by atoms with Crippen molar-refractivity contribution in [3.8, 4) is 0 Å². The molecule has 2 aromatic carbocycles. The summed E-state index contributed by atoms with van der Waals surface area (Å²) < 4.78 is 5.68. The summed E-state index contributed by atoms with van der Waals surface area (Å²) >= 11 is 0. The average molecular weight is 349 g/mol. The van der Waals surface area contributed by atoms with Crippen LogP contribution >= 0.6 is 0 Å². The normalized spacial score (nSPS) is 20.0. The Morgan fingerprint density at radius 1 is 0.962 bits per heavy atom. The van der Waals surface area contributed by atoms with Gasteiger partial charge in [-0.05, 0) is 11.1 Å². The van der Waals surface area contributed by atoms with Gasteiger partial charge in [-0.3, -0.25) is 9.69 Å². The summed E-state index contributed by atoms with van der Waals surface area (Å²) in [6, 6.07) is 18.7. The topological polar surface area (TPSA) is 46.6 Å². The van der Waals surface area contributed by atoms with Gasteiger partial charge in [0, 0.05) is 5.41 Å². The van der Waals surface area contributed by atoms with E-state index in [4.69, 9.17) is 4.74 Å². The van der Waals surface area contributed by atoms with Crippen molar-refractivity contribution in [2.24, 2.45) is 5.41 Å². The van der Waals surface area contributed by atoms with Crippen LogP contribution in [0.25, 0.3) is 0 Å². The lowest BCUT2D eigenvalue weighted by Gasteiger charge is -2.29. The summed E-state index contributed by atoms with van der Waals surface area (Å²) in [4.78, 5) is 26.9. The third-order valence-electron chi connectivity index (χ3n) is 4.49. The number of ketones is 1. The van der Waals surface area contributed by atoms with Crippen LogP contribution in [0.15, 0.2) is 72.9 Å². The summed E-state index contributed by atoms with van der Waals surface area (Å²) in [7, 11) is 0. The molecule has 26 heavy (non-hydrogen) atoms. The van der Waals surface area contributed by atoms with Gasteiger partial charge in [-0.15, -0.1) is 0 Å². The molecule has 0 bridgehead atoms. The van der Waals surface area contributed by atoms with Gasteiger partial charge in [0.2, 0.25) is 0 Å². The SMILES string of the molecule is C=C(C(=O)C(C)(C)C)N1C(=O)O[C@@H](c2ccccc2)[C@H]1c1ccccc1. The fourth-order valence-corrected chi connectivity index (χ4v) is 3.17. The number of allylic oxidation sites excluding steroid dienone is 1. The van der Waals surface area contributed by atoms with Gasteiger partial charge in [0.05, 0.1) is 5.70 Å². The number of cyclic esters (lactones) is 1. The lowest BCUT2D eigenvalue weighted by atomic mass is 9.87. The van der Waals surface area contributed by atoms with Crippen LogP contribution in [0.2, 0.25) is 0 Å². The molecule has 1 aliphatic heterocycles. The summed E-state index contributed by atoms with van der Waals surface area (Å²) in [6.45, 7) is 9.37. The Balaban J connectivity index is 2.06. The van der Waals surface area contributed by atoms with E-state index in [1.165, 1.54) is 4.90 Å². The molecule has 4 heteroatoms. The number of Topliss-reactive ketones (excluding diaryl/α,β-unsaturated/α-hetero) is 1. The van der Waals surface area contributed by atoms with E-state index in [0.29, 0.717) is 0 Å². The van der Waals surface area contributed by atoms with Crippen LogP contribution in [0.4, 0.5) is 4.79 Å². The van der Waals surface area contributed by atoms with Gasteiger partial charge in [0.1, 0.15) is 6.04 Å². The van der Waals surface area contributed by atoms with Crippen molar-refractivity contribution < 1.29 is 14.3 Å². The molecule has 1 saturated heterocycles. The number of ether oxygens (including phenoxy) is 1. The zero-order valence-corrected chi connectivity index (χ0v) is 15.3. The van der Waals surface area contributed by atoms with Crippen LogP contribution in [0.5, 0.6) is 0 Å². The Morgan fingerprint density at radius 2 is 1.46 bits per heavy atom. The van der Waals surface area contributed by atoms with E-state index in [9.17, 15) is 9.59 Å². The highest BCUT2D eigenvalue weighted by molar-refractivity contribution is 6.01. The highest BCUT2D eigenvalue weighted by Crippen LogP contribution is 2.45. The Morgan fingerprint density at radius 3 is 1.96 bits per heavy atom. The Hall–Kier alpha value is -2.88. The second kappa shape index (κ2) is 6.79. The number of nitrogens with zero attached hydrogens (tertiary/aromatic N) is 1. The summed E-state index contributed by atoms with van der Waals surface area (Å²) in [6.07, 6.45) is -1.05. The molecule has 0 radical (unpaired) electrons. The smallest absolute Gasteiger partial charge is 0.415 e. The van der Waals surface area contributed by atoms with E-state index in [-0.39, 0.29) is 11.5 Å². The van der Waals surface area contributed by atoms with E-state index in [2.05, 4.69) is 6.58 Å². The molecule has 0 N–H and O–H groups in total. The zero-order valence-electron chi connectivity index (χ0n) is 15.3. The first-order valence-electron chi connectivity index (χ1n) is 8.64. The second-order valence-corrected chi connectivity index (χ2v) is 7.47. The molecule has 2 aromatic rings. The fourth-order valence-electron chi connectivity index (χ4n) is 3.17. The number of amides is 1. The van der Waals surface area contributed by atoms with E-state index < -0.39 is 23.7 Å². The number of benzene rings is 2. The number of hydrogen-bond donors (Lipinski definition) is 0. The Kier molecular flexibility index (Phi) is 4.68. The molecule has 134 valence electrons. The predicted molar refractivity (Wildman–Crippen MR) is 100 cm³/mol. The van der Waals surface area contributed by atoms with Gasteiger partial charge >= 0.3 is 6.09 Å². The molecule has 1 fully saturated rings. The maximum absolute atomic E-state index is 12.8. The third-order valence-corrected chi connectivity index (χ3v) is 4.49. The molecule has 0 spiro atoms. The van der Waals surface area contributed by atoms with Gasteiger partial charge in [0.25, 0.3) is 0 Å². The highest BCUT2D eigenvalue weighted by Gasteiger charge is 2.47. The minimum atomic E-state index is -0.635.